The molecule has 4 nitrogen and oxygen atoms in total. The lowest BCUT2D eigenvalue weighted by molar-refractivity contribution is -0.208. The van der Waals surface area contributed by atoms with Crippen LogP contribution in [0.4, 0.5) is 13.2 Å². The predicted octanol–water partition coefficient (Wildman–Crippen LogP) is 0.706. The van der Waals surface area contributed by atoms with Crippen LogP contribution in [0.25, 0.3) is 0 Å². The molecule has 1 unspecified atom stereocenters. The van der Waals surface area contributed by atoms with Crippen molar-refractivity contribution in [1.82, 2.24) is 4.90 Å². The first-order valence-corrected chi connectivity index (χ1v) is 4.46. The number of halogens is 3. The van der Waals surface area contributed by atoms with Crippen molar-refractivity contribution in [2.45, 2.75) is 25.6 Å². The molecule has 0 spiro atoms. The number of carboxylic acids is 1. The van der Waals surface area contributed by atoms with Gasteiger partial charge in [0, 0.05) is 6.54 Å². The van der Waals surface area contributed by atoms with Crippen LogP contribution >= 0.6 is 0 Å². The standard InChI is InChI=1S/C8H14F3NO3/c1-2-3-12(5-7(14)15)4-6(13)8(9,10)11/h6,13H,2-5H2,1H3,(H,14,15). The third-order valence-corrected chi connectivity index (χ3v) is 1.71. The Morgan fingerprint density at radius 3 is 2.33 bits per heavy atom. The van der Waals surface area contributed by atoms with Crippen molar-refractivity contribution < 1.29 is 28.2 Å². The Bertz CT molecular complexity index is 208. The minimum absolute atomic E-state index is 0.208. The van der Waals surface area contributed by atoms with Crippen LogP contribution < -0.4 is 0 Å². The van der Waals surface area contributed by atoms with Crippen LogP contribution in [0.5, 0.6) is 0 Å². The van der Waals surface area contributed by atoms with Gasteiger partial charge in [-0.15, -0.1) is 0 Å². The van der Waals surface area contributed by atoms with Crippen molar-refractivity contribution >= 4 is 5.97 Å². The normalized spacial score (nSPS) is 14.3. The van der Waals surface area contributed by atoms with Gasteiger partial charge in [0.25, 0.3) is 0 Å². The van der Waals surface area contributed by atoms with Gasteiger partial charge >= 0.3 is 12.1 Å². The van der Waals surface area contributed by atoms with E-state index >= 15 is 0 Å². The van der Waals surface area contributed by atoms with E-state index in [4.69, 9.17) is 10.2 Å². The molecule has 15 heavy (non-hydrogen) atoms. The van der Waals surface area contributed by atoms with Crippen LogP contribution in [0, 0.1) is 0 Å². The van der Waals surface area contributed by atoms with Crippen LogP contribution in [0.3, 0.4) is 0 Å². The molecule has 0 radical (unpaired) electrons. The highest BCUT2D eigenvalue weighted by atomic mass is 19.4. The second-order valence-electron chi connectivity index (χ2n) is 3.19. The van der Waals surface area contributed by atoms with Gasteiger partial charge in [-0.1, -0.05) is 6.92 Å². The minimum Gasteiger partial charge on any atom is -0.480 e. The maximum atomic E-state index is 12.0. The second kappa shape index (κ2) is 5.92. The molecule has 0 saturated heterocycles. The van der Waals surface area contributed by atoms with Gasteiger partial charge in [-0.25, -0.2) is 0 Å². The lowest BCUT2D eigenvalue weighted by Gasteiger charge is -2.23. The highest BCUT2D eigenvalue weighted by Gasteiger charge is 2.39. The summed E-state index contributed by atoms with van der Waals surface area (Å²) >= 11 is 0. The molecule has 0 aliphatic rings. The molecule has 0 rings (SSSR count). The van der Waals surface area contributed by atoms with Crippen molar-refractivity contribution in [2.75, 3.05) is 19.6 Å². The molecule has 0 aliphatic heterocycles. The number of hydrogen-bond donors (Lipinski definition) is 2. The van der Waals surface area contributed by atoms with E-state index in [1.165, 1.54) is 0 Å². The van der Waals surface area contributed by atoms with Crippen LogP contribution in [0.1, 0.15) is 13.3 Å². The first-order valence-electron chi connectivity index (χ1n) is 4.46. The van der Waals surface area contributed by atoms with Gasteiger partial charge in [-0.2, -0.15) is 13.2 Å². The third-order valence-electron chi connectivity index (χ3n) is 1.71. The summed E-state index contributed by atoms with van der Waals surface area (Å²) in [5, 5.41) is 17.2. The summed E-state index contributed by atoms with van der Waals surface area (Å²) in [6.45, 7) is 0.721. The van der Waals surface area contributed by atoms with Gasteiger partial charge in [0.15, 0.2) is 6.10 Å². The second-order valence-corrected chi connectivity index (χ2v) is 3.19. The molecule has 2 N–H and O–H groups in total. The van der Waals surface area contributed by atoms with E-state index in [1.54, 1.807) is 6.92 Å². The van der Waals surface area contributed by atoms with Crippen LogP contribution in [0.2, 0.25) is 0 Å². The van der Waals surface area contributed by atoms with Gasteiger partial charge in [0.2, 0.25) is 0 Å². The quantitative estimate of drug-likeness (QED) is 0.704. The summed E-state index contributed by atoms with van der Waals surface area (Å²) in [5.41, 5.74) is 0. The number of nitrogens with zero attached hydrogens (tertiary/aromatic N) is 1. The lowest BCUT2D eigenvalue weighted by atomic mass is 10.3. The first-order chi connectivity index (χ1) is 6.77. The average Bonchev–Trinajstić information content (AvgIpc) is 2.01. The molecule has 0 amide bonds. The zero-order valence-corrected chi connectivity index (χ0v) is 8.29. The van der Waals surface area contributed by atoms with Gasteiger partial charge in [-0.05, 0) is 13.0 Å². The molecule has 7 heteroatoms. The summed E-state index contributed by atoms with van der Waals surface area (Å²) in [6.07, 6.45) is -6.68. The van der Waals surface area contributed by atoms with E-state index < -0.39 is 31.3 Å². The number of carboxylic acid groups (broad SMARTS) is 1. The fraction of sp³-hybridized carbons (Fsp3) is 0.875. The van der Waals surface area contributed by atoms with E-state index in [9.17, 15) is 18.0 Å². The molecule has 90 valence electrons. The van der Waals surface area contributed by atoms with Crippen LogP contribution in [-0.4, -0.2) is 53.0 Å². The minimum atomic E-state index is -4.70. The topological polar surface area (TPSA) is 60.8 Å². The molecule has 0 aromatic rings. The Labute approximate surface area is 85.3 Å². The zero-order chi connectivity index (χ0) is 12.1. The van der Waals surface area contributed by atoms with Crippen LogP contribution in [-0.2, 0) is 4.79 Å². The number of aliphatic hydroxyl groups is 1. The fourth-order valence-corrected chi connectivity index (χ4v) is 1.09. The fourth-order valence-electron chi connectivity index (χ4n) is 1.09. The summed E-state index contributed by atoms with van der Waals surface area (Å²) in [5.74, 6) is -1.21. The highest BCUT2D eigenvalue weighted by molar-refractivity contribution is 5.69. The van der Waals surface area contributed by atoms with E-state index in [0.29, 0.717) is 6.42 Å². The Kier molecular flexibility index (Phi) is 5.59. The molecule has 0 heterocycles. The number of aliphatic carboxylic acids is 1. The van der Waals surface area contributed by atoms with Gasteiger partial charge in [-0.3, -0.25) is 9.69 Å². The Balaban J connectivity index is 4.21. The number of alkyl halides is 3. The average molecular weight is 229 g/mol. The van der Waals surface area contributed by atoms with Crippen molar-refractivity contribution in [1.29, 1.82) is 0 Å². The highest BCUT2D eigenvalue weighted by Crippen LogP contribution is 2.20. The third kappa shape index (κ3) is 6.29. The largest absolute Gasteiger partial charge is 0.480 e. The first kappa shape index (κ1) is 14.2. The monoisotopic (exact) mass is 229 g/mol. The number of carbonyl (C=O) groups is 1. The van der Waals surface area contributed by atoms with E-state index in [1.807, 2.05) is 0 Å². The number of hydrogen-bond acceptors (Lipinski definition) is 3. The van der Waals surface area contributed by atoms with E-state index in [0.717, 1.165) is 4.90 Å². The summed E-state index contributed by atoms with van der Waals surface area (Å²) in [4.78, 5) is 11.4. The lowest BCUT2D eigenvalue weighted by Crippen LogP contribution is -2.43. The number of rotatable bonds is 6. The molecule has 0 fully saturated rings. The smallest absolute Gasteiger partial charge is 0.415 e. The summed E-state index contributed by atoms with van der Waals surface area (Å²) in [6, 6.07) is 0. The van der Waals surface area contributed by atoms with Crippen molar-refractivity contribution in [3.05, 3.63) is 0 Å². The molecular formula is C8H14F3NO3. The maximum absolute atomic E-state index is 12.0. The maximum Gasteiger partial charge on any atom is 0.415 e. The molecule has 0 aromatic carbocycles. The summed E-state index contributed by atoms with van der Waals surface area (Å²) < 4.78 is 35.9. The van der Waals surface area contributed by atoms with Gasteiger partial charge in [0.05, 0.1) is 6.54 Å². The molecule has 0 aromatic heterocycles. The van der Waals surface area contributed by atoms with Crippen molar-refractivity contribution in [2.24, 2.45) is 0 Å². The predicted molar refractivity (Wildman–Crippen MR) is 46.4 cm³/mol. The SMILES string of the molecule is CCCN(CC(=O)O)CC(O)C(F)(F)F. The molecule has 0 saturated carbocycles. The molecule has 1 atom stereocenters. The van der Waals surface area contributed by atoms with E-state index in [2.05, 4.69) is 0 Å². The van der Waals surface area contributed by atoms with Gasteiger partial charge in [0.1, 0.15) is 0 Å². The van der Waals surface area contributed by atoms with Crippen LogP contribution in [0.15, 0.2) is 0 Å². The molecule has 0 aliphatic carbocycles. The van der Waals surface area contributed by atoms with Gasteiger partial charge < -0.3 is 10.2 Å². The molecular weight excluding hydrogens is 215 g/mol. The Hall–Kier alpha value is -0.820. The molecule has 0 bridgehead atoms. The Morgan fingerprint density at radius 1 is 1.47 bits per heavy atom. The number of aliphatic hydroxyl groups excluding tert-OH is 1. The van der Waals surface area contributed by atoms with Crippen molar-refractivity contribution in [3.63, 3.8) is 0 Å². The van der Waals surface area contributed by atoms with Crippen molar-refractivity contribution in [3.8, 4) is 0 Å². The zero-order valence-electron chi connectivity index (χ0n) is 8.29. The Morgan fingerprint density at radius 2 is 2.00 bits per heavy atom. The van der Waals surface area contributed by atoms with E-state index in [-0.39, 0.29) is 6.54 Å². The summed E-state index contributed by atoms with van der Waals surface area (Å²) in [7, 11) is 0.